The van der Waals surface area contributed by atoms with E-state index in [2.05, 4.69) is 16.0 Å². The second-order valence-electron chi connectivity index (χ2n) is 7.75. The fourth-order valence-corrected chi connectivity index (χ4v) is 4.12. The number of aromatic amines is 1. The Kier molecular flexibility index (Phi) is 6.51. The highest BCUT2D eigenvalue weighted by Gasteiger charge is 2.32. The molecule has 7 nitrogen and oxygen atoms in total. The summed E-state index contributed by atoms with van der Waals surface area (Å²) in [5.41, 5.74) is 2.72. The number of rotatable bonds is 8. The van der Waals surface area contributed by atoms with Crippen LogP contribution in [0.3, 0.4) is 0 Å². The summed E-state index contributed by atoms with van der Waals surface area (Å²) in [7, 11) is 0. The number of ether oxygens (including phenoxy) is 1. The van der Waals surface area contributed by atoms with E-state index in [1.54, 1.807) is 6.20 Å². The zero-order chi connectivity index (χ0) is 21.6. The molecule has 2 aromatic carbocycles. The van der Waals surface area contributed by atoms with Gasteiger partial charge in [0.2, 0.25) is 0 Å². The number of benzene rings is 2. The lowest BCUT2D eigenvalue weighted by Gasteiger charge is -2.37. The number of aliphatic carboxylic acids is 1. The number of hydrogen-bond acceptors (Lipinski definition) is 5. The molecule has 0 unspecified atom stereocenters. The van der Waals surface area contributed by atoms with Gasteiger partial charge in [0, 0.05) is 61.8 Å². The van der Waals surface area contributed by atoms with Gasteiger partial charge in [-0.1, -0.05) is 30.3 Å². The summed E-state index contributed by atoms with van der Waals surface area (Å²) in [4.78, 5) is 19.7. The second-order valence-corrected chi connectivity index (χ2v) is 7.75. The monoisotopic (exact) mass is 418 g/mol. The highest BCUT2D eigenvalue weighted by molar-refractivity contribution is 5.90. The maximum atomic E-state index is 12.2. The molecule has 1 aromatic heterocycles. The van der Waals surface area contributed by atoms with Crippen molar-refractivity contribution in [1.29, 1.82) is 5.26 Å². The summed E-state index contributed by atoms with van der Waals surface area (Å²) in [5, 5.41) is 19.7. The Balaban J connectivity index is 1.52. The predicted octanol–water partition coefficient (Wildman–Crippen LogP) is 3.40. The Bertz CT molecular complexity index is 1070. The Labute approximate surface area is 181 Å². The van der Waals surface area contributed by atoms with Crippen molar-refractivity contribution in [1.82, 2.24) is 14.8 Å². The third-order valence-corrected chi connectivity index (χ3v) is 5.77. The van der Waals surface area contributed by atoms with Crippen LogP contribution in [0.1, 0.15) is 23.6 Å². The largest absolute Gasteiger partial charge is 0.489 e. The summed E-state index contributed by atoms with van der Waals surface area (Å²) in [6.07, 6.45) is 2.29. The number of carboxylic acids is 1. The third-order valence-electron chi connectivity index (χ3n) is 5.77. The van der Waals surface area contributed by atoms with Gasteiger partial charge in [-0.05, 0) is 23.8 Å². The van der Waals surface area contributed by atoms with Crippen molar-refractivity contribution in [3.8, 4) is 11.8 Å². The van der Waals surface area contributed by atoms with Gasteiger partial charge in [0.25, 0.3) is 0 Å². The standard InChI is InChI=1S/C24H26N4O3/c25-9-4-10-27-11-13-28(14-12-27)23(24(29)30)21-16-26-22-8-7-19(15-20(21)22)31-17-18-5-2-1-3-6-18/h1-3,5-8,15-16,23,26H,4,10-14,17H2,(H,29,30)/t23-/m1/s1. The molecule has 0 amide bonds. The molecule has 1 aliphatic rings. The fourth-order valence-electron chi connectivity index (χ4n) is 4.12. The molecule has 2 N–H and O–H groups in total. The van der Waals surface area contributed by atoms with Crippen LogP contribution in [0, 0.1) is 11.3 Å². The number of carbonyl (C=O) groups is 1. The number of piperazine rings is 1. The quantitative estimate of drug-likeness (QED) is 0.582. The Hall–Kier alpha value is -3.34. The van der Waals surface area contributed by atoms with Crippen molar-refractivity contribution in [3.05, 3.63) is 65.9 Å². The molecule has 4 rings (SSSR count). The number of nitrogens with one attached hydrogen (secondary N) is 1. The van der Waals surface area contributed by atoms with Gasteiger partial charge in [0.05, 0.1) is 6.07 Å². The number of nitrogens with zero attached hydrogens (tertiary/aromatic N) is 3. The first-order valence-corrected chi connectivity index (χ1v) is 10.5. The zero-order valence-corrected chi connectivity index (χ0v) is 17.3. The lowest BCUT2D eigenvalue weighted by Crippen LogP contribution is -2.49. The van der Waals surface area contributed by atoms with Gasteiger partial charge in [0.15, 0.2) is 0 Å². The van der Waals surface area contributed by atoms with Gasteiger partial charge >= 0.3 is 5.97 Å². The van der Waals surface area contributed by atoms with Crippen molar-refractivity contribution < 1.29 is 14.6 Å². The molecule has 0 bridgehead atoms. The molecule has 31 heavy (non-hydrogen) atoms. The van der Waals surface area contributed by atoms with Crippen LogP contribution in [0.15, 0.2) is 54.7 Å². The van der Waals surface area contributed by atoms with E-state index in [0.29, 0.717) is 31.9 Å². The summed E-state index contributed by atoms with van der Waals surface area (Å²) < 4.78 is 5.95. The molecule has 3 aromatic rings. The molecule has 0 saturated carbocycles. The second kappa shape index (κ2) is 9.65. The SMILES string of the molecule is N#CCCN1CCN([C@@H](C(=O)O)c2c[nH]c3ccc(OCc4ccccc4)cc23)CC1. The normalized spacial score (nSPS) is 16.1. The molecule has 0 spiro atoms. The molecule has 1 aliphatic heterocycles. The molecule has 2 heterocycles. The van der Waals surface area contributed by atoms with E-state index < -0.39 is 12.0 Å². The van der Waals surface area contributed by atoms with Gasteiger partial charge in [-0.3, -0.25) is 14.6 Å². The van der Waals surface area contributed by atoms with Crippen LogP contribution in [0.5, 0.6) is 5.75 Å². The zero-order valence-electron chi connectivity index (χ0n) is 17.3. The van der Waals surface area contributed by atoms with E-state index in [0.717, 1.165) is 41.7 Å². The van der Waals surface area contributed by atoms with Crippen LogP contribution in [0.25, 0.3) is 10.9 Å². The predicted molar refractivity (Wildman–Crippen MR) is 118 cm³/mol. The molecule has 0 aliphatic carbocycles. The van der Waals surface area contributed by atoms with E-state index in [-0.39, 0.29) is 0 Å². The Morgan fingerprint density at radius 1 is 1.16 bits per heavy atom. The number of carboxylic acid groups (broad SMARTS) is 1. The van der Waals surface area contributed by atoms with Crippen molar-refractivity contribution >= 4 is 16.9 Å². The number of H-pyrrole nitrogens is 1. The van der Waals surface area contributed by atoms with E-state index in [1.807, 2.05) is 53.4 Å². The van der Waals surface area contributed by atoms with Crippen LogP contribution in [-0.2, 0) is 11.4 Å². The fraction of sp³-hybridized carbons (Fsp3) is 0.333. The first-order valence-electron chi connectivity index (χ1n) is 10.5. The number of aromatic nitrogens is 1. The molecule has 0 radical (unpaired) electrons. The topological polar surface area (TPSA) is 92.6 Å². The Morgan fingerprint density at radius 3 is 2.65 bits per heavy atom. The van der Waals surface area contributed by atoms with Crippen LogP contribution in [0.4, 0.5) is 0 Å². The summed E-state index contributed by atoms with van der Waals surface area (Å²) >= 11 is 0. The van der Waals surface area contributed by atoms with E-state index in [1.165, 1.54) is 0 Å². The molecule has 1 fully saturated rings. The minimum absolute atomic E-state index is 0.457. The van der Waals surface area contributed by atoms with Crippen LogP contribution in [-0.4, -0.2) is 58.6 Å². The first-order chi connectivity index (χ1) is 15.2. The molecule has 7 heteroatoms. The third kappa shape index (κ3) is 4.88. The highest BCUT2D eigenvalue weighted by atomic mass is 16.5. The van der Waals surface area contributed by atoms with Gasteiger partial charge < -0.3 is 14.8 Å². The minimum Gasteiger partial charge on any atom is -0.489 e. The van der Waals surface area contributed by atoms with Crippen LogP contribution < -0.4 is 4.74 Å². The lowest BCUT2D eigenvalue weighted by molar-refractivity contribution is -0.144. The number of nitriles is 1. The van der Waals surface area contributed by atoms with Gasteiger partial charge in [-0.15, -0.1) is 0 Å². The van der Waals surface area contributed by atoms with Crippen LogP contribution in [0.2, 0.25) is 0 Å². The summed E-state index contributed by atoms with van der Waals surface area (Å²) in [6.45, 7) is 4.02. The van der Waals surface area contributed by atoms with Gasteiger partial charge in [0.1, 0.15) is 18.4 Å². The minimum atomic E-state index is -0.859. The van der Waals surface area contributed by atoms with Crippen molar-refractivity contribution in [2.45, 2.75) is 19.1 Å². The van der Waals surface area contributed by atoms with Crippen molar-refractivity contribution in [2.75, 3.05) is 32.7 Å². The molecule has 1 atom stereocenters. The van der Waals surface area contributed by atoms with E-state index >= 15 is 0 Å². The lowest BCUT2D eigenvalue weighted by atomic mass is 10.0. The maximum Gasteiger partial charge on any atom is 0.325 e. The van der Waals surface area contributed by atoms with E-state index in [4.69, 9.17) is 10.00 Å². The van der Waals surface area contributed by atoms with Gasteiger partial charge in [-0.2, -0.15) is 5.26 Å². The van der Waals surface area contributed by atoms with E-state index in [9.17, 15) is 9.90 Å². The average molecular weight is 418 g/mol. The highest BCUT2D eigenvalue weighted by Crippen LogP contribution is 2.32. The van der Waals surface area contributed by atoms with Gasteiger partial charge in [-0.25, -0.2) is 0 Å². The number of fused-ring (bicyclic) bond motifs is 1. The maximum absolute atomic E-state index is 12.2. The molecule has 160 valence electrons. The Morgan fingerprint density at radius 2 is 1.94 bits per heavy atom. The number of hydrogen-bond donors (Lipinski definition) is 2. The summed E-state index contributed by atoms with van der Waals surface area (Å²) in [5.74, 6) is -0.148. The first kappa shape index (κ1) is 20.9. The molecular formula is C24H26N4O3. The van der Waals surface area contributed by atoms with Crippen LogP contribution >= 0.6 is 0 Å². The van der Waals surface area contributed by atoms with Crippen molar-refractivity contribution in [2.24, 2.45) is 0 Å². The van der Waals surface area contributed by atoms with Crippen molar-refractivity contribution in [3.63, 3.8) is 0 Å². The average Bonchev–Trinajstić information content (AvgIpc) is 3.20. The smallest absolute Gasteiger partial charge is 0.325 e. The summed E-state index contributed by atoms with van der Waals surface area (Å²) in [6, 6.07) is 17.1. The molecular weight excluding hydrogens is 392 g/mol. The molecule has 1 saturated heterocycles.